The first kappa shape index (κ1) is 14.6. The Labute approximate surface area is 120 Å². The van der Waals surface area contributed by atoms with Crippen molar-refractivity contribution in [2.75, 3.05) is 13.2 Å². The average molecular weight is 271 g/mol. The summed E-state index contributed by atoms with van der Waals surface area (Å²) in [7, 11) is 0. The van der Waals surface area contributed by atoms with E-state index in [-0.39, 0.29) is 12.5 Å². The Bertz CT molecular complexity index is 536. The minimum absolute atomic E-state index is 0.0194. The molecule has 0 aromatic heterocycles. The number of carbonyl (C=O) groups is 1. The standard InChI is InChI=1S/C17H21NO2/c1-13-12-16(8-7-15(13)6-3-11-19)17(20)18-10-9-14-4-2-5-14/h7-8,12,14,19H,2,4-5,9-11H2,1H3,(H,18,20). The number of aryl methyl sites for hydroxylation is 1. The van der Waals surface area contributed by atoms with Crippen molar-refractivity contribution in [1.82, 2.24) is 5.32 Å². The second-order valence-electron chi connectivity index (χ2n) is 5.33. The molecule has 0 unspecified atom stereocenters. The van der Waals surface area contributed by atoms with Crippen molar-refractivity contribution in [3.63, 3.8) is 0 Å². The first-order chi connectivity index (χ1) is 9.70. The van der Waals surface area contributed by atoms with E-state index in [2.05, 4.69) is 17.2 Å². The molecule has 106 valence electrons. The number of rotatable bonds is 4. The summed E-state index contributed by atoms with van der Waals surface area (Å²) >= 11 is 0. The third-order valence-electron chi connectivity index (χ3n) is 3.85. The smallest absolute Gasteiger partial charge is 0.251 e. The zero-order valence-electron chi connectivity index (χ0n) is 11.9. The molecule has 3 nitrogen and oxygen atoms in total. The summed E-state index contributed by atoms with van der Waals surface area (Å²) in [6, 6.07) is 5.46. The fourth-order valence-electron chi connectivity index (χ4n) is 2.35. The molecule has 1 aromatic carbocycles. The SMILES string of the molecule is Cc1cc(C(=O)NCCC2CCC2)ccc1C#CCO. The van der Waals surface area contributed by atoms with Crippen LogP contribution in [0.15, 0.2) is 18.2 Å². The second-order valence-corrected chi connectivity index (χ2v) is 5.33. The van der Waals surface area contributed by atoms with E-state index in [0.717, 1.165) is 30.0 Å². The highest BCUT2D eigenvalue weighted by Crippen LogP contribution is 2.28. The monoisotopic (exact) mass is 271 g/mol. The predicted molar refractivity (Wildman–Crippen MR) is 79.4 cm³/mol. The molecule has 0 saturated heterocycles. The minimum Gasteiger partial charge on any atom is -0.384 e. The van der Waals surface area contributed by atoms with Gasteiger partial charge in [0, 0.05) is 17.7 Å². The lowest BCUT2D eigenvalue weighted by atomic mass is 9.83. The van der Waals surface area contributed by atoms with Crippen LogP contribution in [0.1, 0.15) is 47.2 Å². The van der Waals surface area contributed by atoms with Gasteiger partial charge in [0.1, 0.15) is 6.61 Å². The summed E-state index contributed by atoms with van der Waals surface area (Å²) in [5, 5.41) is 11.7. The molecule has 1 aromatic rings. The van der Waals surface area contributed by atoms with Gasteiger partial charge in [-0.05, 0) is 43.0 Å². The molecule has 0 bridgehead atoms. The van der Waals surface area contributed by atoms with Gasteiger partial charge in [0.2, 0.25) is 0 Å². The number of aliphatic hydroxyl groups excluding tert-OH is 1. The number of carbonyl (C=O) groups excluding carboxylic acids is 1. The quantitative estimate of drug-likeness (QED) is 0.825. The van der Waals surface area contributed by atoms with E-state index in [1.165, 1.54) is 19.3 Å². The van der Waals surface area contributed by atoms with Gasteiger partial charge in [0.05, 0.1) is 0 Å². The third-order valence-corrected chi connectivity index (χ3v) is 3.85. The maximum atomic E-state index is 12.0. The van der Waals surface area contributed by atoms with Crippen LogP contribution >= 0.6 is 0 Å². The van der Waals surface area contributed by atoms with Crippen LogP contribution in [0, 0.1) is 24.7 Å². The van der Waals surface area contributed by atoms with E-state index in [1.807, 2.05) is 19.1 Å². The fourth-order valence-corrected chi connectivity index (χ4v) is 2.35. The molecule has 1 fully saturated rings. The summed E-state index contributed by atoms with van der Waals surface area (Å²) in [4.78, 5) is 12.0. The maximum Gasteiger partial charge on any atom is 0.251 e. The summed E-state index contributed by atoms with van der Waals surface area (Å²) in [6.45, 7) is 2.53. The van der Waals surface area contributed by atoms with Crippen molar-refractivity contribution in [1.29, 1.82) is 0 Å². The Kier molecular flexibility index (Phi) is 5.20. The van der Waals surface area contributed by atoms with Gasteiger partial charge < -0.3 is 10.4 Å². The molecule has 1 saturated carbocycles. The molecule has 3 heteroatoms. The molecule has 1 amide bonds. The Hall–Kier alpha value is -1.79. The largest absolute Gasteiger partial charge is 0.384 e. The Morgan fingerprint density at radius 2 is 2.25 bits per heavy atom. The summed E-state index contributed by atoms with van der Waals surface area (Å²) in [5.41, 5.74) is 2.48. The normalized spacial score (nSPS) is 14.1. The van der Waals surface area contributed by atoms with Crippen molar-refractivity contribution >= 4 is 5.91 Å². The van der Waals surface area contributed by atoms with Gasteiger partial charge in [-0.15, -0.1) is 0 Å². The molecule has 2 rings (SSSR count). The Morgan fingerprint density at radius 3 is 2.85 bits per heavy atom. The van der Waals surface area contributed by atoms with Gasteiger partial charge in [-0.2, -0.15) is 0 Å². The first-order valence-electron chi connectivity index (χ1n) is 7.19. The van der Waals surface area contributed by atoms with Crippen molar-refractivity contribution < 1.29 is 9.90 Å². The van der Waals surface area contributed by atoms with Crippen molar-refractivity contribution in [2.24, 2.45) is 5.92 Å². The molecule has 0 spiro atoms. The average Bonchev–Trinajstić information content (AvgIpc) is 2.40. The van der Waals surface area contributed by atoms with Crippen molar-refractivity contribution in [2.45, 2.75) is 32.6 Å². The number of hydrogen-bond donors (Lipinski definition) is 2. The van der Waals surface area contributed by atoms with Crippen LogP contribution in [0.25, 0.3) is 0 Å². The predicted octanol–water partition coefficient (Wildman–Crippen LogP) is 2.26. The van der Waals surface area contributed by atoms with Gasteiger partial charge in [0.15, 0.2) is 0 Å². The molecule has 2 N–H and O–H groups in total. The molecule has 0 atom stereocenters. The molecular formula is C17H21NO2. The van der Waals surface area contributed by atoms with E-state index in [1.54, 1.807) is 6.07 Å². The molecule has 1 aliphatic carbocycles. The minimum atomic E-state index is -0.150. The lowest BCUT2D eigenvalue weighted by Crippen LogP contribution is -2.27. The summed E-state index contributed by atoms with van der Waals surface area (Å²) in [6.07, 6.45) is 5.05. The third kappa shape index (κ3) is 3.85. The highest BCUT2D eigenvalue weighted by atomic mass is 16.2. The summed E-state index contributed by atoms with van der Waals surface area (Å²) < 4.78 is 0. The lowest BCUT2D eigenvalue weighted by molar-refractivity contribution is 0.0949. The number of benzene rings is 1. The van der Waals surface area contributed by atoms with E-state index in [0.29, 0.717) is 5.56 Å². The van der Waals surface area contributed by atoms with E-state index in [4.69, 9.17) is 5.11 Å². The van der Waals surface area contributed by atoms with Crippen LogP contribution in [0.3, 0.4) is 0 Å². The van der Waals surface area contributed by atoms with Gasteiger partial charge in [-0.1, -0.05) is 31.1 Å². The van der Waals surface area contributed by atoms with Gasteiger partial charge >= 0.3 is 0 Å². The van der Waals surface area contributed by atoms with E-state index in [9.17, 15) is 4.79 Å². The van der Waals surface area contributed by atoms with Crippen LogP contribution < -0.4 is 5.32 Å². The van der Waals surface area contributed by atoms with Crippen molar-refractivity contribution in [3.05, 3.63) is 34.9 Å². The zero-order chi connectivity index (χ0) is 14.4. The van der Waals surface area contributed by atoms with Gasteiger partial charge in [0.25, 0.3) is 5.91 Å². The molecule has 1 aliphatic rings. The van der Waals surface area contributed by atoms with Crippen LogP contribution in [-0.2, 0) is 0 Å². The first-order valence-corrected chi connectivity index (χ1v) is 7.19. The van der Waals surface area contributed by atoms with Crippen molar-refractivity contribution in [3.8, 4) is 11.8 Å². The molecule has 20 heavy (non-hydrogen) atoms. The topological polar surface area (TPSA) is 49.3 Å². The van der Waals surface area contributed by atoms with E-state index < -0.39 is 0 Å². The highest BCUT2D eigenvalue weighted by Gasteiger charge is 2.17. The van der Waals surface area contributed by atoms with Gasteiger partial charge in [-0.25, -0.2) is 0 Å². The number of aliphatic hydroxyl groups is 1. The molecule has 0 radical (unpaired) electrons. The summed E-state index contributed by atoms with van der Waals surface area (Å²) in [5.74, 6) is 6.28. The van der Waals surface area contributed by atoms with Crippen LogP contribution in [0.2, 0.25) is 0 Å². The van der Waals surface area contributed by atoms with E-state index >= 15 is 0 Å². The molecular weight excluding hydrogens is 250 g/mol. The van der Waals surface area contributed by atoms with Crippen LogP contribution in [-0.4, -0.2) is 24.2 Å². The lowest BCUT2D eigenvalue weighted by Gasteiger charge is -2.25. The second kappa shape index (κ2) is 7.12. The van der Waals surface area contributed by atoms with Crippen LogP contribution in [0.5, 0.6) is 0 Å². The zero-order valence-corrected chi connectivity index (χ0v) is 11.9. The highest BCUT2D eigenvalue weighted by molar-refractivity contribution is 5.94. The molecule has 0 heterocycles. The Morgan fingerprint density at radius 1 is 1.45 bits per heavy atom. The van der Waals surface area contributed by atoms with Crippen LogP contribution in [0.4, 0.5) is 0 Å². The fraction of sp³-hybridized carbons (Fsp3) is 0.471. The molecule has 0 aliphatic heterocycles. The number of nitrogens with one attached hydrogen (secondary N) is 1. The number of hydrogen-bond acceptors (Lipinski definition) is 2. The maximum absolute atomic E-state index is 12.0. The number of amides is 1. The van der Waals surface area contributed by atoms with Gasteiger partial charge in [-0.3, -0.25) is 4.79 Å². The Balaban J connectivity index is 1.90.